The van der Waals surface area contributed by atoms with Crippen molar-refractivity contribution in [1.29, 1.82) is 0 Å². The van der Waals surface area contributed by atoms with E-state index in [0.717, 1.165) is 15.8 Å². The molecule has 0 N–H and O–H groups in total. The zero-order valence-corrected chi connectivity index (χ0v) is 15.3. The number of hydrogen-bond acceptors (Lipinski definition) is 4. The Hall–Kier alpha value is -1.66. The van der Waals surface area contributed by atoms with Crippen molar-refractivity contribution in [3.63, 3.8) is 0 Å². The van der Waals surface area contributed by atoms with Gasteiger partial charge in [-0.05, 0) is 24.6 Å². The Morgan fingerprint density at radius 1 is 1.35 bits per heavy atom. The highest BCUT2D eigenvalue weighted by molar-refractivity contribution is 7.16. The van der Waals surface area contributed by atoms with E-state index in [4.69, 9.17) is 16.3 Å². The predicted octanol–water partition coefficient (Wildman–Crippen LogP) is 3.31. The lowest BCUT2D eigenvalue weighted by Crippen LogP contribution is -2.26. The van der Waals surface area contributed by atoms with Crippen LogP contribution in [0.4, 0.5) is 0 Å². The maximum atomic E-state index is 12.3. The van der Waals surface area contributed by atoms with E-state index < -0.39 is 11.4 Å². The summed E-state index contributed by atoms with van der Waals surface area (Å²) in [5.74, 6) is -0.653. The minimum Gasteiger partial charge on any atom is -0.468 e. The molecule has 0 aliphatic heterocycles. The number of aryl methyl sites for hydroxylation is 1. The number of hydrogen-bond donors (Lipinski definition) is 0. The molecule has 5 nitrogen and oxygen atoms in total. The first-order valence-electron chi connectivity index (χ1n) is 7.09. The number of fused-ring (bicyclic) bond motifs is 1. The first kappa shape index (κ1) is 17.7. The van der Waals surface area contributed by atoms with Crippen LogP contribution < -0.4 is 4.80 Å². The van der Waals surface area contributed by atoms with Gasteiger partial charge in [0.2, 0.25) is 0 Å². The average molecular weight is 355 g/mol. The fourth-order valence-corrected chi connectivity index (χ4v) is 3.24. The number of aromatic nitrogens is 1. The van der Waals surface area contributed by atoms with Crippen LogP contribution in [0.15, 0.2) is 17.1 Å². The molecule has 0 spiro atoms. The second-order valence-corrected chi connectivity index (χ2v) is 7.65. The smallest absolute Gasteiger partial charge is 0.325 e. The van der Waals surface area contributed by atoms with Crippen LogP contribution in [-0.4, -0.2) is 23.6 Å². The van der Waals surface area contributed by atoms with Crippen LogP contribution >= 0.6 is 22.9 Å². The maximum Gasteiger partial charge on any atom is 0.325 e. The van der Waals surface area contributed by atoms with Crippen molar-refractivity contribution in [1.82, 2.24) is 4.57 Å². The van der Waals surface area contributed by atoms with Gasteiger partial charge in [0.05, 0.1) is 17.3 Å². The number of amides is 1. The summed E-state index contributed by atoms with van der Waals surface area (Å²) >= 11 is 7.55. The molecule has 1 aromatic carbocycles. The van der Waals surface area contributed by atoms with E-state index in [1.165, 1.54) is 18.4 Å². The molecule has 2 aromatic rings. The normalized spacial score (nSPS) is 12.7. The lowest BCUT2D eigenvalue weighted by molar-refractivity contribution is -0.141. The zero-order valence-electron chi connectivity index (χ0n) is 13.8. The van der Waals surface area contributed by atoms with Crippen molar-refractivity contribution in [2.75, 3.05) is 7.11 Å². The van der Waals surface area contributed by atoms with Crippen LogP contribution in [0, 0.1) is 12.3 Å². The molecule has 1 aromatic heterocycles. The fourth-order valence-electron chi connectivity index (χ4n) is 2.00. The minimum atomic E-state index is -0.591. The monoisotopic (exact) mass is 354 g/mol. The first-order valence-corrected chi connectivity index (χ1v) is 8.29. The van der Waals surface area contributed by atoms with Gasteiger partial charge in [-0.25, -0.2) is 0 Å². The van der Waals surface area contributed by atoms with Crippen LogP contribution in [-0.2, 0) is 20.9 Å². The molecule has 0 saturated heterocycles. The molecule has 0 saturated carbocycles. The molecule has 0 fully saturated rings. The number of benzene rings is 1. The van der Waals surface area contributed by atoms with Crippen LogP contribution in [0.1, 0.15) is 26.3 Å². The van der Waals surface area contributed by atoms with Crippen molar-refractivity contribution in [3.05, 3.63) is 27.5 Å². The molecule has 0 atom stereocenters. The molecule has 2 rings (SSSR count). The van der Waals surface area contributed by atoms with Gasteiger partial charge < -0.3 is 9.30 Å². The number of halogens is 1. The summed E-state index contributed by atoms with van der Waals surface area (Å²) in [5, 5.41) is 0.600. The van der Waals surface area contributed by atoms with Crippen LogP contribution in [0.3, 0.4) is 0 Å². The lowest BCUT2D eigenvalue weighted by atomic mass is 9.96. The summed E-state index contributed by atoms with van der Waals surface area (Å²) in [5.41, 5.74) is 1.05. The molecule has 23 heavy (non-hydrogen) atoms. The summed E-state index contributed by atoms with van der Waals surface area (Å²) in [6, 6.07) is 3.66. The van der Waals surface area contributed by atoms with Crippen molar-refractivity contribution in [3.8, 4) is 0 Å². The number of carbonyl (C=O) groups is 2. The highest BCUT2D eigenvalue weighted by atomic mass is 35.5. The van der Waals surface area contributed by atoms with Crippen LogP contribution in [0.25, 0.3) is 10.2 Å². The number of nitrogens with zero attached hydrogens (tertiary/aromatic N) is 2. The number of ether oxygens (including phenoxy) is 1. The second kappa shape index (κ2) is 6.45. The summed E-state index contributed by atoms with van der Waals surface area (Å²) in [7, 11) is 1.33. The molecule has 0 bridgehead atoms. The molecule has 1 heterocycles. The fraction of sp³-hybridized carbons (Fsp3) is 0.438. The summed E-state index contributed by atoms with van der Waals surface area (Å²) < 4.78 is 7.36. The highest BCUT2D eigenvalue weighted by Gasteiger charge is 2.22. The minimum absolute atomic E-state index is 0.0199. The second-order valence-electron chi connectivity index (χ2n) is 6.23. The Balaban J connectivity index is 2.76. The number of methoxy groups -OCH3 is 1. The number of thiazole rings is 1. The molecule has 1 amide bonds. The van der Waals surface area contributed by atoms with Gasteiger partial charge in [0.1, 0.15) is 6.54 Å². The van der Waals surface area contributed by atoms with Gasteiger partial charge in [0.25, 0.3) is 5.91 Å². The highest BCUT2D eigenvalue weighted by Crippen LogP contribution is 2.27. The number of esters is 1. The SMILES string of the molecule is COC(=O)Cn1c(=NC(=O)C(C)(C)C)sc2ccc(Cl)c(C)c21. The van der Waals surface area contributed by atoms with Gasteiger partial charge in [-0.2, -0.15) is 4.99 Å². The summed E-state index contributed by atoms with van der Waals surface area (Å²) in [6.07, 6.45) is 0. The topological polar surface area (TPSA) is 60.7 Å². The molecular formula is C16H19ClN2O3S. The van der Waals surface area contributed by atoms with E-state index in [1.54, 1.807) is 31.4 Å². The third-order valence-corrected chi connectivity index (χ3v) is 4.84. The standard InChI is InChI=1S/C16H19ClN2O3S/c1-9-10(17)6-7-11-13(9)19(8-12(20)22-5)15(23-11)18-14(21)16(2,3)4/h6-7H,8H2,1-5H3. The molecule has 7 heteroatoms. The van der Waals surface area contributed by atoms with Gasteiger partial charge >= 0.3 is 5.97 Å². The lowest BCUT2D eigenvalue weighted by Gasteiger charge is -2.12. The molecule has 0 aliphatic rings. The van der Waals surface area contributed by atoms with Crippen LogP contribution in [0.2, 0.25) is 5.02 Å². The Morgan fingerprint density at radius 2 is 2.00 bits per heavy atom. The predicted molar refractivity (Wildman–Crippen MR) is 91.6 cm³/mol. The van der Waals surface area contributed by atoms with Crippen LogP contribution in [0.5, 0.6) is 0 Å². The molecule has 124 valence electrons. The van der Waals surface area contributed by atoms with E-state index in [9.17, 15) is 9.59 Å². The van der Waals surface area contributed by atoms with E-state index in [2.05, 4.69) is 4.99 Å². The van der Waals surface area contributed by atoms with Gasteiger partial charge in [0, 0.05) is 10.4 Å². The van der Waals surface area contributed by atoms with Crippen molar-refractivity contribution >= 4 is 45.0 Å². The molecule has 0 unspecified atom stereocenters. The van der Waals surface area contributed by atoms with Gasteiger partial charge in [0.15, 0.2) is 4.80 Å². The van der Waals surface area contributed by atoms with Gasteiger partial charge in [-0.3, -0.25) is 9.59 Å². The number of carbonyl (C=O) groups excluding carboxylic acids is 2. The van der Waals surface area contributed by atoms with E-state index in [0.29, 0.717) is 9.82 Å². The number of rotatable bonds is 2. The quantitative estimate of drug-likeness (QED) is 0.777. The van der Waals surface area contributed by atoms with Gasteiger partial charge in [-0.15, -0.1) is 0 Å². The third kappa shape index (κ3) is 3.64. The van der Waals surface area contributed by atoms with E-state index in [1.807, 2.05) is 13.0 Å². The van der Waals surface area contributed by atoms with E-state index >= 15 is 0 Å². The zero-order chi connectivity index (χ0) is 17.4. The molecule has 0 aliphatic carbocycles. The molecule has 0 radical (unpaired) electrons. The van der Waals surface area contributed by atoms with E-state index in [-0.39, 0.29) is 12.5 Å². The largest absolute Gasteiger partial charge is 0.468 e. The summed E-state index contributed by atoms with van der Waals surface area (Å²) in [4.78, 5) is 28.7. The molecular weight excluding hydrogens is 336 g/mol. The first-order chi connectivity index (χ1) is 10.6. The summed E-state index contributed by atoms with van der Waals surface area (Å²) in [6.45, 7) is 7.27. The third-order valence-electron chi connectivity index (χ3n) is 3.38. The van der Waals surface area contributed by atoms with Gasteiger partial charge in [-0.1, -0.05) is 43.7 Å². The Labute approximate surface area is 143 Å². The average Bonchev–Trinajstić information content (AvgIpc) is 2.80. The van der Waals surface area contributed by atoms with Crippen molar-refractivity contribution < 1.29 is 14.3 Å². The van der Waals surface area contributed by atoms with Crippen molar-refractivity contribution in [2.24, 2.45) is 10.4 Å². The maximum absolute atomic E-state index is 12.3. The Kier molecular flexibility index (Phi) is 4.96. The Morgan fingerprint density at radius 3 is 2.57 bits per heavy atom. The Bertz CT molecular complexity index is 843. The van der Waals surface area contributed by atoms with Crippen molar-refractivity contribution in [2.45, 2.75) is 34.2 Å².